The SMILES string of the molecule is C=C(/C=C\C(=C/C)c1ccccc1)c1nc(-c2ccc(-c3ccccc3)cc2)nc(-c2ccc(-c3ccc(Br)cc3)cc2)n1. The lowest BCUT2D eigenvalue weighted by atomic mass is 10.0. The van der Waals surface area contributed by atoms with Crippen LogP contribution in [0.5, 0.6) is 0 Å². The molecule has 6 rings (SSSR count). The Morgan fingerprint density at radius 2 is 0.955 bits per heavy atom. The van der Waals surface area contributed by atoms with Gasteiger partial charge in [-0.1, -0.05) is 162 Å². The van der Waals surface area contributed by atoms with Gasteiger partial charge in [0.15, 0.2) is 17.5 Å². The highest BCUT2D eigenvalue weighted by Gasteiger charge is 2.13. The Kier molecular flexibility index (Phi) is 8.81. The molecule has 0 radical (unpaired) electrons. The van der Waals surface area contributed by atoms with E-state index in [1.807, 2.05) is 61.5 Å². The van der Waals surface area contributed by atoms with Crippen molar-refractivity contribution in [2.24, 2.45) is 0 Å². The minimum absolute atomic E-state index is 0.536. The minimum atomic E-state index is 0.536. The van der Waals surface area contributed by atoms with Crippen molar-refractivity contribution < 1.29 is 0 Å². The first-order valence-corrected chi connectivity index (χ1v) is 15.2. The van der Waals surface area contributed by atoms with Crippen molar-refractivity contribution in [1.82, 2.24) is 15.0 Å². The van der Waals surface area contributed by atoms with Crippen molar-refractivity contribution in [1.29, 1.82) is 0 Å². The summed E-state index contributed by atoms with van der Waals surface area (Å²) in [6.45, 7) is 6.37. The Morgan fingerprint density at radius 3 is 1.45 bits per heavy atom. The van der Waals surface area contributed by atoms with Crippen LogP contribution < -0.4 is 0 Å². The van der Waals surface area contributed by atoms with Gasteiger partial charge in [0.25, 0.3) is 0 Å². The first-order valence-electron chi connectivity index (χ1n) is 14.4. The third-order valence-corrected chi connectivity index (χ3v) is 7.90. The van der Waals surface area contributed by atoms with E-state index in [1.165, 1.54) is 5.56 Å². The van der Waals surface area contributed by atoms with Crippen LogP contribution in [0.2, 0.25) is 0 Å². The molecule has 5 aromatic carbocycles. The summed E-state index contributed by atoms with van der Waals surface area (Å²) in [6.07, 6.45) is 6.12. The fourth-order valence-electron chi connectivity index (χ4n) is 4.93. The maximum Gasteiger partial charge on any atom is 0.164 e. The van der Waals surface area contributed by atoms with Gasteiger partial charge in [0.1, 0.15) is 0 Å². The number of rotatable bonds is 8. The average molecular weight is 633 g/mol. The molecule has 3 nitrogen and oxygen atoms in total. The van der Waals surface area contributed by atoms with Gasteiger partial charge in [-0.05, 0) is 52.4 Å². The first kappa shape index (κ1) is 28.9. The van der Waals surface area contributed by atoms with Crippen molar-refractivity contribution in [3.63, 3.8) is 0 Å². The van der Waals surface area contributed by atoms with Crippen LogP contribution in [-0.4, -0.2) is 15.0 Å². The maximum atomic E-state index is 4.93. The molecule has 6 aromatic rings. The molecule has 0 saturated carbocycles. The highest BCUT2D eigenvalue weighted by Crippen LogP contribution is 2.28. The lowest BCUT2D eigenvalue weighted by Crippen LogP contribution is -2.02. The minimum Gasteiger partial charge on any atom is -0.208 e. The fourth-order valence-corrected chi connectivity index (χ4v) is 5.19. The van der Waals surface area contributed by atoms with Crippen molar-refractivity contribution in [3.8, 4) is 45.0 Å². The average Bonchev–Trinajstić information content (AvgIpc) is 3.09. The largest absolute Gasteiger partial charge is 0.208 e. The summed E-state index contributed by atoms with van der Waals surface area (Å²) in [6, 6.07) is 45.6. The monoisotopic (exact) mass is 631 g/mol. The van der Waals surface area contributed by atoms with Crippen molar-refractivity contribution in [3.05, 3.63) is 174 Å². The second-order valence-corrected chi connectivity index (χ2v) is 11.2. The lowest BCUT2D eigenvalue weighted by molar-refractivity contribution is 1.04. The van der Waals surface area contributed by atoms with Gasteiger partial charge in [-0.15, -0.1) is 0 Å². The predicted octanol–water partition coefficient (Wildman–Crippen LogP) is 11.0. The Hall–Kier alpha value is -5.19. The van der Waals surface area contributed by atoms with Crippen LogP contribution in [0.3, 0.4) is 0 Å². The smallest absolute Gasteiger partial charge is 0.164 e. The van der Waals surface area contributed by atoms with Crippen LogP contribution in [0, 0.1) is 0 Å². The zero-order valence-corrected chi connectivity index (χ0v) is 25.9. The standard InChI is InChI=1S/C40H30BrN3/c1-3-29(30-10-6-4-7-11-30)15-14-28(2)38-42-39(35-20-16-32(17-21-35)31-12-8-5-9-13-31)44-40(43-38)36-22-18-33(19-23-36)34-24-26-37(41)27-25-34/h3-27H,2H2,1H3/b15-14-,29-3+. The van der Waals surface area contributed by atoms with Crippen molar-refractivity contribution >= 4 is 27.1 Å². The second-order valence-electron chi connectivity index (χ2n) is 10.3. The van der Waals surface area contributed by atoms with Gasteiger partial charge in [-0.2, -0.15) is 0 Å². The van der Waals surface area contributed by atoms with Gasteiger partial charge in [-0.3, -0.25) is 0 Å². The molecular formula is C40H30BrN3. The van der Waals surface area contributed by atoms with Crippen LogP contribution in [0.25, 0.3) is 56.2 Å². The van der Waals surface area contributed by atoms with Crippen LogP contribution in [0.15, 0.2) is 163 Å². The van der Waals surface area contributed by atoms with Crippen molar-refractivity contribution in [2.45, 2.75) is 6.92 Å². The Morgan fingerprint density at radius 1 is 0.523 bits per heavy atom. The second kappa shape index (κ2) is 13.4. The van der Waals surface area contributed by atoms with Gasteiger partial charge < -0.3 is 0 Å². The zero-order chi connectivity index (χ0) is 30.3. The Bertz CT molecular complexity index is 1940. The first-order chi connectivity index (χ1) is 21.6. The molecule has 4 heteroatoms. The van der Waals surface area contributed by atoms with E-state index >= 15 is 0 Å². The number of allylic oxidation sites excluding steroid dienone is 5. The highest BCUT2D eigenvalue weighted by molar-refractivity contribution is 9.10. The summed E-state index contributed by atoms with van der Waals surface area (Å²) >= 11 is 3.52. The fraction of sp³-hybridized carbons (Fsp3) is 0.0250. The summed E-state index contributed by atoms with van der Waals surface area (Å²) in [7, 11) is 0. The number of hydrogen-bond acceptors (Lipinski definition) is 3. The molecule has 0 aliphatic heterocycles. The third-order valence-electron chi connectivity index (χ3n) is 7.38. The Labute approximate surface area is 267 Å². The molecule has 0 spiro atoms. The van der Waals surface area contributed by atoms with E-state index in [0.29, 0.717) is 23.0 Å². The molecular weight excluding hydrogens is 602 g/mol. The van der Waals surface area contributed by atoms with E-state index in [4.69, 9.17) is 15.0 Å². The van der Waals surface area contributed by atoms with Gasteiger partial charge in [0.05, 0.1) is 0 Å². The topological polar surface area (TPSA) is 38.7 Å². The third kappa shape index (κ3) is 6.72. The number of nitrogens with zero attached hydrogens (tertiary/aromatic N) is 3. The van der Waals surface area contributed by atoms with Gasteiger partial charge in [-0.25, -0.2) is 15.0 Å². The van der Waals surface area contributed by atoms with Crippen LogP contribution in [0.4, 0.5) is 0 Å². The molecule has 0 bridgehead atoms. The van der Waals surface area contributed by atoms with Gasteiger partial charge >= 0.3 is 0 Å². The van der Waals surface area contributed by atoms with E-state index < -0.39 is 0 Å². The Balaban J connectivity index is 1.37. The van der Waals surface area contributed by atoms with E-state index in [0.717, 1.165) is 43.4 Å². The number of hydrogen-bond donors (Lipinski definition) is 0. The quantitative estimate of drug-likeness (QED) is 0.157. The molecule has 0 saturated heterocycles. The van der Waals surface area contributed by atoms with Gasteiger partial charge in [0, 0.05) is 21.2 Å². The number of benzene rings is 5. The molecule has 0 amide bonds. The molecule has 0 aliphatic carbocycles. The van der Waals surface area contributed by atoms with Crippen molar-refractivity contribution in [2.75, 3.05) is 0 Å². The van der Waals surface area contributed by atoms with E-state index in [2.05, 4.69) is 120 Å². The molecule has 0 unspecified atom stereocenters. The molecule has 212 valence electrons. The van der Waals surface area contributed by atoms with E-state index in [9.17, 15) is 0 Å². The molecule has 0 atom stereocenters. The van der Waals surface area contributed by atoms with Gasteiger partial charge in [0.2, 0.25) is 0 Å². The summed E-state index contributed by atoms with van der Waals surface area (Å²) in [5, 5.41) is 0. The molecule has 44 heavy (non-hydrogen) atoms. The maximum absolute atomic E-state index is 4.93. The summed E-state index contributed by atoms with van der Waals surface area (Å²) < 4.78 is 1.06. The highest BCUT2D eigenvalue weighted by atomic mass is 79.9. The summed E-state index contributed by atoms with van der Waals surface area (Å²) in [4.78, 5) is 14.7. The normalized spacial score (nSPS) is 11.5. The lowest BCUT2D eigenvalue weighted by Gasteiger charge is -2.10. The molecule has 0 fully saturated rings. The van der Waals surface area contributed by atoms with E-state index in [1.54, 1.807) is 0 Å². The molecule has 1 aromatic heterocycles. The molecule has 1 heterocycles. The zero-order valence-electron chi connectivity index (χ0n) is 24.4. The summed E-state index contributed by atoms with van der Waals surface area (Å²) in [5.74, 6) is 1.74. The number of aromatic nitrogens is 3. The van der Waals surface area contributed by atoms with Crippen LogP contribution >= 0.6 is 15.9 Å². The van der Waals surface area contributed by atoms with Crippen LogP contribution in [0.1, 0.15) is 18.3 Å². The van der Waals surface area contributed by atoms with Crippen LogP contribution in [-0.2, 0) is 0 Å². The molecule has 0 aliphatic rings. The van der Waals surface area contributed by atoms with E-state index in [-0.39, 0.29) is 0 Å². The number of halogens is 1. The predicted molar refractivity (Wildman–Crippen MR) is 188 cm³/mol. The summed E-state index contributed by atoms with van der Waals surface area (Å²) in [5.41, 5.74) is 9.34. The molecule has 0 N–H and O–H groups in total.